The van der Waals surface area contributed by atoms with E-state index in [0.29, 0.717) is 24.5 Å². The number of para-hydroxylation sites is 1. The normalized spacial score (nSPS) is 17.6. The molecule has 1 saturated heterocycles. The van der Waals surface area contributed by atoms with Gasteiger partial charge in [-0.25, -0.2) is 16.8 Å². The first-order chi connectivity index (χ1) is 20.9. The van der Waals surface area contributed by atoms with E-state index in [-0.39, 0.29) is 38.8 Å². The maximum absolute atomic E-state index is 14.0. The summed E-state index contributed by atoms with van der Waals surface area (Å²) in [5.74, 6) is -0.0836. The van der Waals surface area contributed by atoms with Crippen molar-refractivity contribution in [3.05, 3.63) is 119 Å². The summed E-state index contributed by atoms with van der Waals surface area (Å²) in [5.41, 5.74) is 1.57. The van der Waals surface area contributed by atoms with Crippen molar-refractivity contribution < 1.29 is 21.6 Å². The van der Waals surface area contributed by atoms with Crippen LogP contribution < -0.4 is 9.62 Å². The van der Waals surface area contributed by atoms with Gasteiger partial charge in [-0.05, 0) is 78.4 Å². The van der Waals surface area contributed by atoms with Crippen LogP contribution in [0.4, 0.5) is 11.4 Å². The quantitative estimate of drug-likeness (QED) is 0.218. The van der Waals surface area contributed by atoms with E-state index in [2.05, 4.69) is 5.32 Å². The largest absolute Gasteiger partial charge is 0.322 e. The number of halogens is 1. The van der Waals surface area contributed by atoms with Crippen molar-refractivity contribution in [1.29, 1.82) is 0 Å². The van der Waals surface area contributed by atoms with E-state index in [1.165, 1.54) is 51.1 Å². The smallest absolute Gasteiger partial charge is 0.264 e. The molecule has 0 spiro atoms. The molecule has 5 rings (SSSR count). The summed E-state index contributed by atoms with van der Waals surface area (Å²) in [6.45, 7) is 5.11. The third kappa shape index (κ3) is 6.99. The van der Waals surface area contributed by atoms with E-state index < -0.39 is 26.0 Å². The number of amides is 1. The van der Waals surface area contributed by atoms with Crippen LogP contribution in [-0.4, -0.2) is 40.1 Å². The molecule has 4 aromatic carbocycles. The summed E-state index contributed by atoms with van der Waals surface area (Å²) in [4.78, 5) is 13.4. The third-order valence-electron chi connectivity index (χ3n) is 7.57. The molecule has 0 saturated carbocycles. The minimum absolute atomic E-state index is 0.0338. The maximum atomic E-state index is 14.0. The number of carbonyl (C=O) groups is 1. The van der Waals surface area contributed by atoms with Crippen LogP contribution in [0.15, 0.2) is 113 Å². The number of nitrogens with one attached hydrogen (secondary N) is 1. The van der Waals surface area contributed by atoms with Crippen LogP contribution in [0.2, 0.25) is 5.02 Å². The first kappa shape index (κ1) is 31.7. The lowest BCUT2D eigenvalue weighted by Gasteiger charge is -2.34. The molecule has 0 unspecified atom stereocenters. The van der Waals surface area contributed by atoms with Gasteiger partial charge in [-0.15, -0.1) is 0 Å². The minimum atomic E-state index is -4.12. The lowest BCUT2D eigenvalue weighted by Crippen LogP contribution is -2.42. The Morgan fingerprint density at radius 1 is 0.818 bits per heavy atom. The van der Waals surface area contributed by atoms with Crippen molar-refractivity contribution >= 4 is 48.9 Å². The molecule has 44 heavy (non-hydrogen) atoms. The first-order valence-electron chi connectivity index (χ1n) is 14.3. The summed E-state index contributed by atoms with van der Waals surface area (Å²) >= 11 is 6.37. The fraction of sp³-hybridized carbons (Fsp3) is 0.242. The Kier molecular flexibility index (Phi) is 9.45. The van der Waals surface area contributed by atoms with Crippen molar-refractivity contribution in [3.63, 3.8) is 0 Å². The van der Waals surface area contributed by atoms with Gasteiger partial charge in [-0.1, -0.05) is 74.0 Å². The number of piperidine rings is 1. The Hall–Kier alpha value is -3.70. The number of rotatable bonds is 9. The Balaban J connectivity index is 1.38. The average molecular weight is 652 g/mol. The molecule has 8 nitrogen and oxygen atoms in total. The van der Waals surface area contributed by atoms with E-state index in [0.717, 1.165) is 12.0 Å². The standard InChI is InChI=1S/C33H34ClN3O5S2/c1-24-19-25(2)22-36(21-24)43(39,40)29-15-13-27(14-16-29)35-33(38)31-20-30(17-18-32(31)34)44(41,42)37(28-11-7-4-8-12-28)23-26-9-5-3-6-10-26/h3-18,20,24-25H,19,21-23H2,1-2H3,(H,35,38)/t24-,25-/m0/s1. The number of benzene rings is 4. The summed E-state index contributed by atoms with van der Waals surface area (Å²) in [7, 11) is -7.79. The molecule has 1 aliphatic rings. The molecule has 1 fully saturated rings. The lowest BCUT2D eigenvalue weighted by molar-refractivity contribution is 0.102. The highest BCUT2D eigenvalue weighted by molar-refractivity contribution is 7.92. The molecule has 1 aliphatic heterocycles. The SMILES string of the molecule is C[C@H]1C[C@H](C)CN(S(=O)(=O)c2ccc(NC(=O)c3cc(S(=O)(=O)N(Cc4ccccc4)c4ccccc4)ccc3Cl)cc2)C1. The second-order valence-electron chi connectivity index (χ2n) is 11.2. The van der Waals surface area contributed by atoms with Crippen molar-refractivity contribution in [3.8, 4) is 0 Å². The van der Waals surface area contributed by atoms with Crippen LogP contribution in [0, 0.1) is 11.8 Å². The predicted octanol–water partition coefficient (Wildman–Crippen LogP) is 6.65. The van der Waals surface area contributed by atoms with Gasteiger partial charge in [0, 0.05) is 18.8 Å². The molecule has 2 atom stereocenters. The minimum Gasteiger partial charge on any atom is -0.322 e. The molecule has 0 bridgehead atoms. The van der Waals surface area contributed by atoms with Gasteiger partial charge >= 0.3 is 0 Å². The molecular weight excluding hydrogens is 618 g/mol. The van der Waals surface area contributed by atoms with Gasteiger partial charge in [0.1, 0.15) is 0 Å². The lowest BCUT2D eigenvalue weighted by atomic mass is 9.94. The molecule has 1 heterocycles. The maximum Gasteiger partial charge on any atom is 0.264 e. The Bertz CT molecular complexity index is 1830. The van der Waals surface area contributed by atoms with Crippen molar-refractivity contribution in [2.24, 2.45) is 11.8 Å². The van der Waals surface area contributed by atoms with Gasteiger partial charge in [0.2, 0.25) is 10.0 Å². The summed E-state index contributed by atoms with van der Waals surface area (Å²) in [6.07, 6.45) is 0.985. The van der Waals surface area contributed by atoms with Crippen molar-refractivity contribution in [2.75, 3.05) is 22.7 Å². The summed E-state index contributed by atoms with van der Waals surface area (Å²) in [6, 6.07) is 27.9. The van der Waals surface area contributed by atoms with Crippen LogP contribution in [0.3, 0.4) is 0 Å². The van der Waals surface area contributed by atoms with E-state index in [9.17, 15) is 21.6 Å². The molecule has 230 valence electrons. The fourth-order valence-corrected chi connectivity index (χ4v) is 8.85. The van der Waals surface area contributed by atoms with Gasteiger partial charge in [0.15, 0.2) is 0 Å². The summed E-state index contributed by atoms with van der Waals surface area (Å²) in [5, 5.41) is 2.78. The van der Waals surface area contributed by atoms with E-state index in [1.54, 1.807) is 30.3 Å². The van der Waals surface area contributed by atoms with Gasteiger partial charge in [0.05, 0.1) is 32.6 Å². The van der Waals surface area contributed by atoms with Gasteiger partial charge < -0.3 is 5.32 Å². The average Bonchev–Trinajstić information content (AvgIpc) is 3.00. The van der Waals surface area contributed by atoms with E-state index >= 15 is 0 Å². The zero-order valence-corrected chi connectivity index (χ0v) is 26.8. The number of hydrogen-bond donors (Lipinski definition) is 1. The van der Waals surface area contributed by atoms with Crippen molar-refractivity contribution in [2.45, 2.75) is 36.6 Å². The van der Waals surface area contributed by atoms with Crippen LogP contribution >= 0.6 is 11.6 Å². The second-order valence-corrected chi connectivity index (χ2v) is 15.4. The van der Waals surface area contributed by atoms with Gasteiger partial charge in [-0.2, -0.15) is 4.31 Å². The first-order valence-corrected chi connectivity index (χ1v) is 17.5. The topological polar surface area (TPSA) is 104 Å². The number of hydrogen-bond acceptors (Lipinski definition) is 5. The van der Waals surface area contributed by atoms with Crippen LogP contribution in [0.1, 0.15) is 36.2 Å². The molecule has 4 aromatic rings. The Labute approximate surface area is 264 Å². The number of anilines is 2. The molecule has 0 radical (unpaired) electrons. The summed E-state index contributed by atoms with van der Waals surface area (Å²) < 4.78 is 57.2. The monoisotopic (exact) mass is 651 g/mol. The van der Waals surface area contributed by atoms with Gasteiger partial charge in [-0.3, -0.25) is 9.10 Å². The van der Waals surface area contributed by atoms with Crippen LogP contribution in [0.25, 0.3) is 0 Å². The Morgan fingerprint density at radius 3 is 2.00 bits per heavy atom. The molecule has 11 heteroatoms. The van der Waals surface area contributed by atoms with E-state index in [4.69, 9.17) is 11.6 Å². The molecule has 1 amide bonds. The zero-order valence-electron chi connectivity index (χ0n) is 24.4. The zero-order chi connectivity index (χ0) is 31.5. The second kappa shape index (κ2) is 13.1. The predicted molar refractivity (Wildman–Crippen MR) is 174 cm³/mol. The van der Waals surface area contributed by atoms with E-state index in [1.807, 2.05) is 44.2 Å². The molecule has 1 N–H and O–H groups in total. The van der Waals surface area contributed by atoms with Crippen molar-refractivity contribution in [1.82, 2.24) is 4.31 Å². The third-order valence-corrected chi connectivity index (χ3v) is 11.5. The fourth-order valence-electron chi connectivity index (χ4n) is 5.48. The van der Waals surface area contributed by atoms with Gasteiger partial charge in [0.25, 0.3) is 15.9 Å². The Morgan fingerprint density at radius 2 is 1.39 bits per heavy atom. The molecular formula is C33H34ClN3O5S2. The highest BCUT2D eigenvalue weighted by Gasteiger charge is 2.32. The van der Waals surface area contributed by atoms with Crippen LogP contribution in [0.5, 0.6) is 0 Å². The van der Waals surface area contributed by atoms with Crippen LogP contribution in [-0.2, 0) is 26.6 Å². The number of carbonyl (C=O) groups excluding carboxylic acids is 1. The molecule has 0 aliphatic carbocycles. The number of sulfonamides is 2. The highest BCUT2D eigenvalue weighted by atomic mass is 35.5. The molecule has 0 aromatic heterocycles. The number of nitrogens with zero attached hydrogens (tertiary/aromatic N) is 2. The highest BCUT2D eigenvalue weighted by Crippen LogP contribution is 2.30.